The topological polar surface area (TPSA) is 41.6 Å². The van der Waals surface area contributed by atoms with Crippen LogP contribution < -0.4 is 5.32 Å². The number of amides is 1. The van der Waals surface area contributed by atoms with E-state index in [9.17, 15) is 4.79 Å². The Bertz CT molecular complexity index is 319. The molecule has 0 bridgehead atoms. The van der Waals surface area contributed by atoms with E-state index < -0.39 is 0 Å². The molecule has 124 valence electrons. The van der Waals surface area contributed by atoms with Gasteiger partial charge in [0.2, 0.25) is 0 Å². The molecule has 1 heterocycles. The molecule has 1 saturated carbocycles. The van der Waals surface area contributed by atoms with Crippen LogP contribution in [0.3, 0.4) is 0 Å². The Morgan fingerprint density at radius 3 is 2.43 bits per heavy atom. The number of nitrogens with zero attached hydrogens (tertiary/aromatic N) is 1. The summed E-state index contributed by atoms with van der Waals surface area (Å²) in [6.07, 6.45) is 7.33. The SMILES string of the molecule is CC(OC1CCCCCC1)C(=O)N1CCNC(C)C1C.Cl. The van der Waals surface area contributed by atoms with Gasteiger partial charge in [-0.15, -0.1) is 12.4 Å². The summed E-state index contributed by atoms with van der Waals surface area (Å²) in [5.41, 5.74) is 0. The van der Waals surface area contributed by atoms with Gasteiger partial charge in [0.15, 0.2) is 0 Å². The molecule has 1 saturated heterocycles. The highest BCUT2D eigenvalue weighted by atomic mass is 35.5. The first-order chi connectivity index (χ1) is 9.59. The Morgan fingerprint density at radius 1 is 1.19 bits per heavy atom. The van der Waals surface area contributed by atoms with Crippen LogP contribution in [0.1, 0.15) is 59.3 Å². The number of carbonyl (C=O) groups is 1. The van der Waals surface area contributed by atoms with Crippen molar-refractivity contribution in [2.45, 2.75) is 83.6 Å². The summed E-state index contributed by atoms with van der Waals surface area (Å²) in [4.78, 5) is 14.6. The van der Waals surface area contributed by atoms with Gasteiger partial charge in [0, 0.05) is 25.2 Å². The molecule has 3 unspecified atom stereocenters. The summed E-state index contributed by atoms with van der Waals surface area (Å²) in [5, 5.41) is 3.41. The number of ether oxygens (including phenoxy) is 1. The smallest absolute Gasteiger partial charge is 0.251 e. The summed E-state index contributed by atoms with van der Waals surface area (Å²) >= 11 is 0. The molecule has 1 amide bonds. The monoisotopic (exact) mass is 318 g/mol. The maximum atomic E-state index is 12.6. The fourth-order valence-electron chi connectivity index (χ4n) is 3.33. The van der Waals surface area contributed by atoms with Gasteiger partial charge < -0.3 is 15.0 Å². The van der Waals surface area contributed by atoms with Crippen molar-refractivity contribution in [3.63, 3.8) is 0 Å². The molecule has 21 heavy (non-hydrogen) atoms. The maximum absolute atomic E-state index is 12.6. The minimum atomic E-state index is -0.300. The quantitative estimate of drug-likeness (QED) is 0.814. The van der Waals surface area contributed by atoms with Gasteiger partial charge in [0.1, 0.15) is 6.10 Å². The molecule has 1 N–H and O–H groups in total. The van der Waals surface area contributed by atoms with Crippen LogP contribution in [0.5, 0.6) is 0 Å². The normalized spacial score (nSPS) is 29.4. The minimum Gasteiger partial charge on any atom is -0.365 e. The molecular weight excluding hydrogens is 288 g/mol. The van der Waals surface area contributed by atoms with E-state index in [4.69, 9.17) is 4.74 Å². The predicted molar refractivity (Wildman–Crippen MR) is 87.9 cm³/mol. The highest BCUT2D eigenvalue weighted by Gasteiger charge is 2.32. The van der Waals surface area contributed by atoms with Crippen molar-refractivity contribution in [1.29, 1.82) is 0 Å². The van der Waals surface area contributed by atoms with Gasteiger partial charge >= 0.3 is 0 Å². The summed E-state index contributed by atoms with van der Waals surface area (Å²) in [6, 6.07) is 0.606. The lowest BCUT2D eigenvalue weighted by atomic mass is 10.1. The molecule has 5 heteroatoms. The molecule has 0 aromatic heterocycles. The van der Waals surface area contributed by atoms with Crippen molar-refractivity contribution >= 4 is 18.3 Å². The molecule has 2 rings (SSSR count). The third-order valence-electron chi connectivity index (χ3n) is 4.86. The van der Waals surface area contributed by atoms with Crippen molar-refractivity contribution in [3.05, 3.63) is 0 Å². The number of hydrogen-bond acceptors (Lipinski definition) is 3. The Balaban J connectivity index is 0.00000220. The molecule has 0 radical (unpaired) electrons. The highest BCUT2D eigenvalue weighted by Crippen LogP contribution is 2.22. The molecule has 3 atom stereocenters. The number of nitrogens with one attached hydrogen (secondary N) is 1. The fraction of sp³-hybridized carbons (Fsp3) is 0.938. The van der Waals surface area contributed by atoms with E-state index in [1.165, 1.54) is 25.7 Å². The van der Waals surface area contributed by atoms with Crippen LogP contribution in [0.15, 0.2) is 0 Å². The van der Waals surface area contributed by atoms with E-state index in [1.807, 2.05) is 11.8 Å². The first-order valence-electron chi connectivity index (χ1n) is 8.29. The summed E-state index contributed by atoms with van der Waals surface area (Å²) < 4.78 is 6.06. The van der Waals surface area contributed by atoms with Crippen molar-refractivity contribution in [2.24, 2.45) is 0 Å². The minimum absolute atomic E-state index is 0. The second-order valence-corrected chi connectivity index (χ2v) is 6.41. The predicted octanol–water partition coefficient (Wildman–Crippen LogP) is 2.74. The van der Waals surface area contributed by atoms with Gasteiger partial charge in [0.05, 0.1) is 6.10 Å². The van der Waals surface area contributed by atoms with Gasteiger partial charge in [-0.2, -0.15) is 0 Å². The van der Waals surface area contributed by atoms with E-state index >= 15 is 0 Å². The second kappa shape index (κ2) is 8.96. The third-order valence-corrected chi connectivity index (χ3v) is 4.86. The van der Waals surface area contributed by atoms with Crippen molar-refractivity contribution in [1.82, 2.24) is 10.2 Å². The number of hydrogen-bond donors (Lipinski definition) is 1. The first kappa shape index (κ1) is 18.7. The van der Waals surface area contributed by atoms with Crippen LogP contribution in [0.25, 0.3) is 0 Å². The number of carbonyl (C=O) groups excluding carboxylic acids is 1. The number of rotatable bonds is 3. The van der Waals surface area contributed by atoms with Crippen LogP contribution in [-0.4, -0.2) is 48.2 Å². The molecule has 0 aromatic rings. The molecule has 0 spiro atoms. The molecule has 1 aliphatic heterocycles. The summed E-state index contributed by atoms with van der Waals surface area (Å²) in [5.74, 6) is 0.162. The van der Waals surface area contributed by atoms with Crippen LogP contribution in [0.4, 0.5) is 0 Å². The average molecular weight is 319 g/mol. The Labute approximate surface area is 135 Å². The first-order valence-corrected chi connectivity index (χ1v) is 8.29. The maximum Gasteiger partial charge on any atom is 0.251 e. The van der Waals surface area contributed by atoms with Gasteiger partial charge in [-0.05, 0) is 33.6 Å². The van der Waals surface area contributed by atoms with Crippen LogP contribution in [0.2, 0.25) is 0 Å². The number of halogens is 1. The zero-order valence-corrected chi connectivity index (χ0v) is 14.5. The third kappa shape index (κ3) is 5.11. The Hall–Kier alpha value is -0.320. The number of piperazine rings is 1. The van der Waals surface area contributed by atoms with Gasteiger partial charge in [-0.3, -0.25) is 4.79 Å². The molecule has 0 aromatic carbocycles. The second-order valence-electron chi connectivity index (χ2n) is 6.41. The van der Waals surface area contributed by atoms with Gasteiger partial charge in [-0.25, -0.2) is 0 Å². The zero-order chi connectivity index (χ0) is 14.5. The van der Waals surface area contributed by atoms with E-state index in [2.05, 4.69) is 19.2 Å². The molecule has 1 aliphatic carbocycles. The fourth-order valence-corrected chi connectivity index (χ4v) is 3.33. The highest BCUT2D eigenvalue weighted by molar-refractivity contribution is 5.85. The summed E-state index contributed by atoms with van der Waals surface area (Å²) in [7, 11) is 0. The molecule has 2 fully saturated rings. The van der Waals surface area contributed by atoms with E-state index in [-0.39, 0.29) is 36.6 Å². The van der Waals surface area contributed by atoms with Crippen LogP contribution in [0, 0.1) is 0 Å². The van der Waals surface area contributed by atoms with Gasteiger partial charge in [-0.1, -0.05) is 25.7 Å². The van der Waals surface area contributed by atoms with Crippen molar-refractivity contribution in [3.8, 4) is 0 Å². The molecular formula is C16H31ClN2O2. The van der Waals surface area contributed by atoms with Crippen LogP contribution >= 0.6 is 12.4 Å². The Kier molecular flexibility index (Phi) is 7.99. The lowest BCUT2D eigenvalue weighted by Crippen LogP contribution is -2.59. The standard InChI is InChI=1S/C16H30N2O2.ClH/c1-12-13(2)18(11-10-17-12)16(19)14(3)20-15-8-6-4-5-7-9-15;/h12-15,17H,4-11H2,1-3H3;1H. The largest absolute Gasteiger partial charge is 0.365 e. The zero-order valence-electron chi connectivity index (χ0n) is 13.6. The van der Waals surface area contributed by atoms with Gasteiger partial charge in [0.25, 0.3) is 5.91 Å². The van der Waals surface area contributed by atoms with Crippen molar-refractivity contribution in [2.75, 3.05) is 13.1 Å². The molecule has 2 aliphatic rings. The van der Waals surface area contributed by atoms with E-state index in [1.54, 1.807) is 0 Å². The average Bonchev–Trinajstić information content (AvgIpc) is 2.69. The Morgan fingerprint density at radius 2 is 1.81 bits per heavy atom. The lowest BCUT2D eigenvalue weighted by molar-refractivity contribution is -0.150. The molecule has 4 nitrogen and oxygen atoms in total. The lowest BCUT2D eigenvalue weighted by Gasteiger charge is -2.40. The summed E-state index contributed by atoms with van der Waals surface area (Å²) in [6.45, 7) is 7.86. The van der Waals surface area contributed by atoms with E-state index in [0.717, 1.165) is 25.9 Å². The van der Waals surface area contributed by atoms with E-state index in [0.29, 0.717) is 6.04 Å². The van der Waals surface area contributed by atoms with Crippen LogP contribution in [-0.2, 0) is 9.53 Å². The van der Waals surface area contributed by atoms with Crippen molar-refractivity contribution < 1.29 is 9.53 Å².